The lowest BCUT2D eigenvalue weighted by molar-refractivity contribution is 0.118. The van der Waals surface area contributed by atoms with Crippen molar-refractivity contribution in [3.63, 3.8) is 0 Å². The second kappa shape index (κ2) is 8.62. The zero-order valence-corrected chi connectivity index (χ0v) is 19.3. The first-order chi connectivity index (χ1) is 15.2. The van der Waals surface area contributed by atoms with Gasteiger partial charge in [0.15, 0.2) is 0 Å². The van der Waals surface area contributed by atoms with Crippen LogP contribution in [-0.4, -0.2) is 53.8 Å². The van der Waals surface area contributed by atoms with Crippen molar-refractivity contribution >= 4 is 37.5 Å². The molecule has 9 nitrogen and oxygen atoms in total. The Hall–Kier alpha value is -2.79. The summed E-state index contributed by atoms with van der Waals surface area (Å²) in [7, 11) is -5.91. The maximum atomic E-state index is 12.9. The van der Waals surface area contributed by atoms with Gasteiger partial charge in [-0.05, 0) is 66.8 Å². The monoisotopic (exact) mass is 479 g/mol. The van der Waals surface area contributed by atoms with Crippen molar-refractivity contribution in [1.29, 1.82) is 0 Å². The molecule has 0 aromatic heterocycles. The lowest BCUT2D eigenvalue weighted by Crippen LogP contribution is -2.37. The molecule has 0 spiro atoms. The molecular formula is C21H25N3O6S2. The average molecular weight is 480 g/mol. The quantitative estimate of drug-likeness (QED) is 0.721. The summed E-state index contributed by atoms with van der Waals surface area (Å²) in [5, 5.41) is 0. The van der Waals surface area contributed by atoms with Gasteiger partial charge in [0.1, 0.15) is 0 Å². The highest BCUT2D eigenvalue weighted by atomic mass is 32.2. The highest BCUT2D eigenvalue weighted by Crippen LogP contribution is 2.27. The van der Waals surface area contributed by atoms with Crippen LogP contribution in [-0.2, 0) is 37.7 Å². The van der Waals surface area contributed by atoms with Crippen LogP contribution in [0.1, 0.15) is 24.0 Å². The lowest BCUT2D eigenvalue weighted by atomic mass is 9.99. The number of anilines is 2. The third-order valence-corrected chi connectivity index (χ3v) is 8.95. The number of amides is 1. The van der Waals surface area contributed by atoms with Gasteiger partial charge in [-0.2, -0.15) is 0 Å². The van der Waals surface area contributed by atoms with Crippen molar-refractivity contribution in [2.45, 2.75) is 30.7 Å². The Morgan fingerprint density at radius 3 is 2.47 bits per heavy atom. The Balaban J connectivity index is 1.52. The molecule has 172 valence electrons. The molecule has 2 aliphatic heterocycles. The van der Waals surface area contributed by atoms with E-state index in [0.717, 1.165) is 17.5 Å². The number of fused-ring (bicyclic) bond motifs is 1. The molecule has 2 aliphatic rings. The number of benzene rings is 2. The molecule has 0 radical (unpaired) electrons. The van der Waals surface area contributed by atoms with Gasteiger partial charge in [0.05, 0.1) is 23.4 Å². The van der Waals surface area contributed by atoms with Gasteiger partial charge >= 0.3 is 6.09 Å². The largest absolute Gasteiger partial charge is 0.453 e. The Morgan fingerprint density at radius 1 is 1.03 bits per heavy atom. The van der Waals surface area contributed by atoms with Gasteiger partial charge in [0, 0.05) is 25.3 Å². The average Bonchev–Trinajstić information content (AvgIpc) is 2.77. The minimum absolute atomic E-state index is 0.0320. The van der Waals surface area contributed by atoms with E-state index in [9.17, 15) is 21.6 Å². The number of hydrogen-bond donors (Lipinski definition) is 1. The van der Waals surface area contributed by atoms with E-state index in [-0.39, 0.29) is 10.6 Å². The van der Waals surface area contributed by atoms with Crippen molar-refractivity contribution in [2.24, 2.45) is 0 Å². The number of sulfonamides is 2. The summed E-state index contributed by atoms with van der Waals surface area (Å²) in [5.41, 5.74) is 2.76. The summed E-state index contributed by atoms with van der Waals surface area (Å²) < 4.78 is 59.0. The molecule has 0 bridgehead atoms. The van der Waals surface area contributed by atoms with Gasteiger partial charge in [-0.15, -0.1) is 0 Å². The second-order valence-electron chi connectivity index (χ2n) is 7.82. The molecule has 1 saturated heterocycles. The summed E-state index contributed by atoms with van der Waals surface area (Å²) in [5.74, 6) is 0.0976. The molecule has 2 aromatic carbocycles. The fourth-order valence-corrected chi connectivity index (χ4v) is 6.68. The van der Waals surface area contributed by atoms with Gasteiger partial charge in [-0.1, -0.05) is 6.07 Å². The standard InChI is InChI=1S/C21H25N3O6S2/c1-30-21(25)23-12-10-16-4-5-18(14-17(16)15-23)22-32(28,29)20-8-6-19(7-9-20)24-11-2-3-13-31(24,26)27/h4-9,14,22H,2-3,10-13,15H2,1H3. The SMILES string of the molecule is COC(=O)N1CCc2ccc(NS(=O)(=O)c3ccc(N4CCCCS4(=O)=O)cc3)cc2C1. The molecule has 4 rings (SSSR count). The van der Waals surface area contributed by atoms with Crippen LogP contribution in [0.3, 0.4) is 0 Å². The topological polar surface area (TPSA) is 113 Å². The second-order valence-corrected chi connectivity index (χ2v) is 11.5. The molecule has 0 saturated carbocycles. The van der Waals surface area contributed by atoms with Crippen molar-refractivity contribution in [3.05, 3.63) is 53.6 Å². The number of carbonyl (C=O) groups is 1. The first kappa shape index (κ1) is 22.4. The maximum absolute atomic E-state index is 12.9. The number of rotatable bonds is 4. The van der Waals surface area contributed by atoms with Crippen molar-refractivity contribution < 1.29 is 26.4 Å². The van der Waals surface area contributed by atoms with E-state index < -0.39 is 26.1 Å². The van der Waals surface area contributed by atoms with E-state index in [0.29, 0.717) is 43.9 Å². The van der Waals surface area contributed by atoms with Crippen LogP contribution in [0.4, 0.5) is 16.2 Å². The third kappa shape index (κ3) is 4.53. The number of methoxy groups -OCH3 is 1. The minimum atomic E-state index is -3.87. The van der Waals surface area contributed by atoms with E-state index in [1.54, 1.807) is 17.0 Å². The van der Waals surface area contributed by atoms with Gasteiger partial charge in [0.2, 0.25) is 10.0 Å². The molecule has 0 unspecified atom stereocenters. The predicted octanol–water partition coefficient (Wildman–Crippen LogP) is 2.54. The number of hydrogen-bond acceptors (Lipinski definition) is 6. The maximum Gasteiger partial charge on any atom is 0.409 e. The zero-order chi connectivity index (χ0) is 22.9. The highest BCUT2D eigenvalue weighted by Gasteiger charge is 2.27. The summed E-state index contributed by atoms with van der Waals surface area (Å²) in [6.45, 7) is 1.28. The first-order valence-corrected chi connectivity index (χ1v) is 13.4. The van der Waals surface area contributed by atoms with E-state index >= 15 is 0 Å². The van der Waals surface area contributed by atoms with Crippen molar-refractivity contribution in [2.75, 3.05) is 35.0 Å². The molecular weight excluding hydrogens is 454 g/mol. The Kier molecular flexibility index (Phi) is 6.04. The number of ether oxygens (including phenoxy) is 1. The van der Waals surface area contributed by atoms with Crippen LogP contribution in [0.15, 0.2) is 47.4 Å². The molecule has 1 N–H and O–H groups in total. The highest BCUT2D eigenvalue weighted by molar-refractivity contribution is 7.93. The van der Waals surface area contributed by atoms with Gasteiger partial charge < -0.3 is 9.64 Å². The Labute approximate surface area is 188 Å². The van der Waals surface area contributed by atoms with Crippen LogP contribution < -0.4 is 9.03 Å². The van der Waals surface area contributed by atoms with Crippen LogP contribution in [0, 0.1) is 0 Å². The first-order valence-electron chi connectivity index (χ1n) is 10.3. The van der Waals surface area contributed by atoms with Gasteiger partial charge in [0.25, 0.3) is 10.0 Å². The van der Waals surface area contributed by atoms with E-state index in [1.807, 2.05) is 6.07 Å². The number of nitrogens with one attached hydrogen (secondary N) is 1. The molecule has 2 heterocycles. The molecule has 1 amide bonds. The Morgan fingerprint density at radius 2 is 1.78 bits per heavy atom. The smallest absolute Gasteiger partial charge is 0.409 e. The summed E-state index contributed by atoms with van der Waals surface area (Å²) in [6.07, 6.45) is 1.65. The summed E-state index contributed by atoms with van der Waals surface area (Å²) in [6, 6.07) is 11.1. The zero-order valence-electron chi connectivity index (χ0n) is 17.7. The van der Waals surface area contributed by atoms with Crippen molar-refractivity contribution in [3.8, 4) is 0 Å². The molecule has 2 aromatic rings. The van der Waals surface area contributed by atoms with Crippen LogP contribution in [0.25, 0.3) is 0 Å². The van der Waals surface area contributed by atoms with Gasteiger partial charge in [-0.3, -0.25) is 9.03 Å². The van der Waals surface area contributed by atoms with E-state index in [2.05, 4.69) is 4.72 Å². The lowest BCUT2D eigenvalue weighted by Gasteiger charge is -2.28. The van der Waals surface area contributed by atoms with Crippen molar-refractivity contribution in [1.82, 2.24) is 4.90 Å². The summed E-state index contributed by atoms with van der Waals surface area (Å²) >= 11 is 0. The molecule has 0 aliphatic carbocycles. The molecule has 0 atom stereocenters. The number of carbonyl (C=O) groups excluding carboxylic acids is 1. The fraction of sp³-hybridized carbons (Fsp3) is 0.381. The Bertz CT molecular complexity index is 1230. The molecule has 1 fully saturated rings. The molecule has 32 heavy (non-hydrogen) atoms. The van der Waals surface area contributed by atoms with Gasteiger partial charge in [-0.25, -0.2) is 21.6 Å². The normalized spacial score (nSPS) is 18.0. The van der Waals surface area contributed by atoms with Crippen LogP contribution in [0.2, 0.25) is 0 Å². The fourth-order valence-electron chi connectivity index (χ4n) is 3.99. The number of nitrogens with zero attached hydrogens (tertiary/aromatic N) is 2. The predicted molar refractivity (Wildman–Crippen MR) is 121 cm³/mol. The van der Waals surface area contributed by atoms with Crippen LogP contribution >= 0.6 is 0 Å². The summed E-state index contributed by atoms with van der Waals surface area (Å²) in [4.78, 5) is 13.4. The third-order valence-electron chi connectivity index (χ3n) is 5.69. The van der Waals surface area contributed by atoms with Crippen LogP contribution in [0.5, 0.6) is 0 Å². The van der Waals surface area contributed by atoms with E-state index in [1.165, 1.54) is 35.7 Å². The molecule has 11 heteroatoms. The van der Waals surface area contributed by atoms with E-state index in [4.69, 9.17) is 4.74 Å². The minimum Gasteiger partial charge on any atom is -0.453 e.